The Hall–Kier alpha value is -2.99. The number of para-hydroxylation sites is 1. The lowest BCUT2D eigenvalue weighted by atomic mass is 10.1. The molecule has 6 heteroatoms. The number of ketones is 1. The largest absolute Gasteiger partial charge is 0.365 e. The summed E-state index contributed by atoms with van der Waals surface area (Å²) in [6.07, 6.45) is 1.22. The van der Waals surface area contributed by atoms with E-state index in [4.69, 9.17) is 0 Å². The molecule has 30 heavy (non-hydrogen) atoms. The molecule has 0 amide bonds. The summed E-state index contributed by atoms with van der Waals surface area (Å²) in [5, 5.41) is 1.05. The number of nitrogens with one attached hydrogen (secondary N) is 1. The Kier molecular flexibility index (Phi) is 5.95. The molecule has 156 valence electrons. The number of piperazine rings is 1. The minimum absolute atomic E-state index is 0.0462. The van der Waals surface area contributed by atoms with Crippen LogP contribution < -0.4 is 10.5 Å². The van der Waals surface area contributed by atoms with Crippen molar-refractivity contribution in [3.8, 4) is 0 Å². The van der Waals surface area contributed by atoms with Crippen LogP contribution in [-0.2, 0) is 0 Å². The number of aryl methyl sites for hydroxylation is 1. The van der Waals surface area contributed by atoms with E-state index in [1.165, 1.54) is 12.1 Å². The highest BCUT2D eigenvalue weighted by atomic mass is 19.1. The lowest BCUT2D eigenvalue weighted by molar-refractivity contribution is 0.0974. The summed E-state index contributed by atoms with van der Waals surface area (Å²) >= 11 is 0. The van der Waals surface area contributed by atoms with E-state index in [2.05, 4.69) is 14.8 Å². The highest BCUT2D eigenvalue weighted by molar-refractivity contribution is 5.95. The number of halogens is 1. The Labute approximate surface area is 175 Å². The van der Waals surface area contributed by atoms with Gasteiger partial charge in [-0.3, -0.25) is 14.5 Å². The predicted molar refractivity (Wildman–Crippen MR) is 118 cm³/mol. The number of aromatic nitrogens is 1. The Morgan fingerprint density at radius 1 is 1.07 bits per heavy atom. The van der Waals surface area contributed by atoms with Crippen molar-refractivity contribution in [3.05, 3.63) is 75.8 Å². The number of hydrogen-bond donors (Lipinski definition) is 1. The van der Waals surface area contributed by atoms with Gasteiger partial charge in [-0.15, -0.1) is 0 Å². The first-order valence-electron chi connectivity index (χ1n) is 10.4. The molecule has 0 bridgehead atoms. The normalized spacial score (nSPS) is 14.9. The number of fused-ring (bicyclic) bond motifs is 1. The standard InChI is InChI=1S/C24H26FN3O2/c1-17-4-2-5-19-16-21(24(30)26-23(17)19)28-14-12-27(13-15-28)11-3-6-22(29)18-7-9-20(25)10-8-18/h2,4-5,7-10,16H,3,6,11-15H2,1H3,(H,26,30). The smallest absolute Gasteiger partial charge is 0.271 e. The van der Waals surface area contributed by atoms with E-state index in [1.54, 1.807) is 12.1 Å². The van der Waals surface area contributed by atoms with Crippen molar-refractivity contribution >= 4 is 22.4 Å². The second kappa shape index (κ2) is 8.79. The first-order chi connectivity index (χ1) is 14.5. The first-order valence-corrected chi connectivity index (χ1v) is 10.4. The third-order valence-corrected chi connectivity index (χ3v) is 5.83. The van der Waals surface area contributed by atoms with Crippen molar-refractivity contribution in [1.82, 2.24) is 9.88 Å². The number of anilines is 1. The molecule has 1 aliphatic heterocycles. The molecule has 1 fully saturated rings. The van der Waals surface area contributed by atoms with E-state index in [0.29, 0.717) is 12.0 Å². The third kappa shape index (κ3) is 4.44. The van der Waals surface area contributed by atoms with Crippen LogP contribution in [0, 0.1) is 12.7 Å². The molecule has 2 heterocycles. The Balaban J connectivity index is 1.30. The molecule has 5 nitrogen and oxygen atoms in total. The number of H-pyrrole nitrogens is 1. The number of Topliss-reactive ketones (excluding diaryl/α,β-unsaturated/α-hetero) is 1. The minimum Gasteiger partial charge on any atom is -0.365 e. The zero-order valence-corrected chi connectivity index (χ0v) is 17.2. The van der Waals surface area contributed by atoms with E-state index in [1.807, 2.05) is 31.2 Å². The molecule has 3 aromatic rings. The van der Waals surface area contributed by atoms with E-state index < -0.39 is 0 Å². The van der Waals surface area contributed by atoms with Crippen LogP contribution in [-0.4, -0.2) is 48.4 Å². The topological polar surface area (TPSA) is 56.4 Å². The maximum Gasteiger partial charge on any atom is 0.271 e. The fourth-order valence-corrected chi connectivity index (χ4v) is 4.06. The number of carbonyl (C=O) groups excluding carboxylic acids is 1. The maximum absolute atomic E-state index is 13.0. The average Bonchev–Trinajstić information content (AvgIpc) is 2.75. The second-order valence-electron chi connectivity index (χ2n) is 7.89. The van der Waals surface area contributed by atoms with Gasteiger partial charge in [0.15, 0.2) is 5.78 Å². The molecular weight excluding hydrogens is 381 g/mol. The van der Waals surface area contributed by atoms with Crippen molar-refractivity contribution in [2.24, 2.45) is 0 Å². The van der Waals surface area contributed by atoms with Gasteiger partial charge in [0.05, 0.1) is 5.52 Å². The van der Waals surface area contributed by atoms with Gasteiger partial charge in [0.2, 0.25) is 0 Å². The van der Waals surface area contributed by atoms with Gasteiger partial charge in [-0.1, -0.05) is 18.2 Å². The maximum atomic E-state index is 13.0. The number of aromatic amines is 1. The molecule has 1 aromatic heterocycles. The summed E-state index contributed by atoms with van der Waals surface area (Å²) < 4.78 is 13.0. The van der Waals surface area contributed by atoms with Crippen molar-refractivity contribution in [2.75, 3.05) is 37.6 Å². The van der Waals surface area contributed by atoms with Crippen molar-refractivity contribution in [2.45, 2.75) is 19.8 Å². The van der Waals surface area contributed by atoms with Crippen LogP contribution in [0.15, 0.2) is 53.3 Å². The van der Waals surface area contributed by atoms with E-state index in [9.17, 15) is 14.0 Å². The zero-order valence-electron chi connectivity index (χ0n) is 17.2. The number of nitrogens with zero attached hydrogens (tertiary/aromatic N) is 2. The number of pyridine rings is 1. The Bertz CT molecular complexity index is 1100. The number of rotatable bonds is 6. The molecule has 1 N–H and O–H groups in total. The van der Waals surface area contributed by atoms with Gasteiger partial charge in [0.25, 0.3) is 5.56 Å². The van der Waals surface area contributed by atoms with Crippen molar-refractivity contribution in [1.29, 1.82) is 0 Å². The van der Waals surface area contributed by atoms with Crippen molar-refractivity contribution in [3.63, 3.8) is 0 Å². The zero-order chi connectivity index (χ0) is 21.1. The molecule has 0 atom stereocenters. The lowest BCUT2D eigenvalue weighted by Crippen LogP contribution is -2.48. The van der Waals surface area contributed by atoms with Crippen LogP contribution >= 0.6 is 0 Å². The van der Waals surface area contributed by atoms with Crippen LogP contribution in [0.25, 0.3) is 10.9 Å². The highest BCUT2D eigenvalue weighted by Gasteiger charge is 2.20. The summed E-state index contributed by atoms with van der Waals surface area (Å²) in [5.74, 6) is -0.281. The summed E-state index contributed by atoms with van der Waals surface area (Å²) in [5.41, 5.74) is 3.20. The molecule has 0 unspecified atom stereocenters. The van der Waals surface area contributed by atoms with Gasteiger partial charge >= 0.3 is 0 Å². The summed E-state index contributed by atoms with van der Waals surface area (Å²) in [7, 11) is 0. The SMILES string of the molecule is Cc1cccc2cc(N3CCN(CCCC(=O)c4ccc(F)cc4)CC3)c(=O)[nH]c12. The highest BCUT2D eigenvalue weighted by Crippen LogP contribution is 2.20. The van der Waals surface area contributed by atoms with Gasteiger partial charge in [0.1, 0.15) is 11.5 Å². The lowest BCUT2D eigenvalue weighted by Gasteiger charge is -2.35. The molecule has 0 aliphatic carbocycles. The predicted octanol–water partition coefficient (Wildman–Crippen LogP) is 3.76. The van der Waals surface area contributed by atoms with Gasteiger partial charge in [-0.25, -0.2) is 4.39 Å². The van der Waals surface area contributed by atoms with E-state index >= 15 is 0 Å². The molecule has 0 saturated carbocycles. The van der Waals surface area contributed by atoms with E-state index in [0.717, 1.165) is 61.3 Å². The van der Waals surface area contributed by atoms with Crippen LogP contribution in [0.2, 0.25) is 0 Å². The molecule has 0 radical (unpaired) electrons. The molecule has 4 rings (SSSR count). The summed E-state index contributed by atoms with van der Waals surface area (Å²) in [4.78, 5) is 32.3. The summed E-state index contributed by atoms with van der Waals surface area (Å²) in [6, 6.07) is 13.7. The first kappa shape index (κ1) is 20.3. The molecular formula is C24H26FN3O2. The third-order valence-electron chi connectivity index (χ3n) is 5.83. The van der Waals surface area contributed by atoms with Crippen LogP contribution in [0.3, 0.4) is 0 Å². The summed E-state index contributed by atoms with van der Waals surface area (Å²) in [6.45, 7) is 6.12. The number of hydrogen-bond acceptors (Lipinski definition) is 4. The van der Waals surface area contributed by atoms with E-state index in [-0.39, 0.29) is 17.2 Å². The number of benzene rings is 2. The molecule has 0 spiro atoms. The van der Waals surface area contributed by atoms with Gasteiger partial charge in [0, 0.05) is 43.5 Å². The minimum atomic E-state index is -0.329. The van der Waals surface area contributed by atoms with Gasteiger partial charge in [-0.2, -0.15) is 0 Å². The molecule has 1 saturated heterocycles. The average molecular weight is 407 g/mol. The van der Waals surface area contributed by atoms with Crippen LogP contribution in [0.4, 0.5) is 10.1 Å². The fourth-order valence-electron chi connectivity index (χ4n) is 4.06. The second-order valence-corrected chi connectivity index (χ2v) is 7.89. The number of carbonyl (C=O) groups is 1. The van der Waals surface area contributed by atoms with Gasteiger partial charge in [-0.05, 0) is 55.8 Å². The monoisotopic (exact) mass is 407 g/mol. The fraction of sp³-hybridized carbons (Fsp3) is 0.333. The van der Waals surface area contributed by atoms with Gasteiger partial charge < -0.3 is 9.88 Å². The molecule has 2 aromatic carbocycles. The molecule has 1 aliphatic rings. The van der Waals surface area contributed by atoms with Crippen molar-refractivity contribution < 1.29 is 9.18 Å². The quantitative estimate of drug-likeness (QED) is 0.632. The van der Waals surface area contributed by atoms with Crippen LogP contribution in [0.1, 0.15) is 28.8 Å². The Morgan fingerprint density at radius 2 is 1.80 bits per heavy atom. The van der Waals surface area contributed by atoms with Crippen LogP contribution in [0.5, 0.6) is 0 Å². The Morgan fingerprint density at radius 3 is 2.53 bits per heavy atom.